The van der Waals surface area contributed by atoms with E-state index in [0.717, 1.165) is 22.0 Å². The molecule has 0 spiro atoms. The quantitative estimate of drug-likeness (QED) is 0.847. The van der Waals surface area contributed by atoms with Gasteiger partial charge in [-0.15, -0.1) is 0 Å². The predicted octanol–water partition coefficient (Wildman–Crippen LogP) is 4.77. The molecule has 1 aromatic rings. The Morgan fingerprint density at radius 3 is 2.65 bits per heavy atom. The van der Waals surface area contributed by atoms with Crippen molar-refractivity contribution in [2.45, 2.75) is 45.2 Å². The van der Waals surface area contributed by atoms with Gasteiger partial charge in [0.1, 0.15) is 0 Å². The van der Waals surface area contributed by atoms with E-state index in [0.29, 0.717) is 6.04 Å². The molecule has 1 N–H and O–H groups in total. The second-order valence-electron chi connectivity index (χ2n) is 5.07. The third kappa shape index (κ3) is 3.97. The van der Waals surface area contributed by atoms with Gasteiger partial charge in [0.05, 0.1) is 0 Å². The highest BCUT2D eigenvalue weighted by Gasteiger charge is 2.17. The minimum atomic E-state index is 0.672. The van der Waals surface area contributed by atoms with Gasteiger partial charge in [0.15, 0.2) is 0 Å². The van der Waals surface area contributed by atoms with Gasteiger partial charge in [-0.2, -0.15) is 0 Å². The Bertz CT molecular complexity index is 372. The molecule has 2 rings (SSSR count). The van der Waals surface area contributed by atoms with E-state index in [2.05, 4.69) is 34.2 Å². The fourth-order valence-corrected chi connectivity index (χ4v) is 3.12. The van der Waals surface area contributed by atoms with Crippen LogP contribution >= 0.6 is 27.5 Å². The molecule has 1 aromatic carbocycles. The van der Waals surface area contributed by atoms with E-state index in [-0.39, 0.29) is 0 Å². The molecule has 1 nitrogen and oxygen atoms in total. The number of benzene rings is 1. The fraction of sp³-hybridized carbons (Fsp3) is 0.571. The second-order valence-corrected chi connectivity index (χ2v) is 6.40. The van der Waals surface area contributed by atoms with E-state index >= 15 is 0 Å². The molecule has 94 valence electrons. The first-order valence-electron chi connectivity index (χ1n) is 6.32. The molecule has 0 unspecified atom stereocenters. The van der Waals surface area contributed by atoms with Crippen molar-refractivity contribution >= 4 is 27.5 Å². The summed E-state index contributed by atoms with van der Waals surface area (Å²) in [6.45, 7) is 3.23. The van der Waals surface area contributed by atoms with Gasteiger partial charge in [0.2, 0.25) is 0 Å². The summed E-state index contributed by atoms with van der Waals surface area (Å²) in [7, 11) is 0. The lowest BCUT2D eigenvalue weighted by atomic mass is 9.87. The van der Waals surface area contributed by atoms with Gasteiger partial charge in [-0.05, 0) is 49.3 Å². The smallest absolute Gasteiger partial charge is 0.0462 e. The Hall–Kier alpha value is -0.0500. The zero-order valence-corrected chi connectivity index (χ0v) is 12.5. The van der Waals surface area contributed by atoms with E-state index in [1.54, 1.807) is 0 Å². The normalized spacial score (nSPS) is 24.9. The number of hydrogen-bond acceptors (Lipinski definition) is 1. The summed E-state index contributed by atoms with van der Waals surface area (Å²) in [5.41, 5.74) is 1.19. The lowest BCUT2D eigenvalue weighted by Gasteiger charge is -2.27. The van der Waals surface area contributed by atoms with E-state index in [9.17, 15) is 0 Å². The molecule has 17 heavy (non-hydrogen) atoms. The largest absolute Gasteiger partial charge is 0.310 e. The first-order valence-corrected chi connectivity index (χ1v) is 7.49. The zero-order chi connectivity index (χ0) is 12.3. The minimum Gasteiger partial charge on any atom is -0.310 e. The summed E-state index contributed by atoms with van der Waals surface area (Å²) in [6, 6.07) is 6.77. The first-order chi connectivity index (χ1) is 8.15. The van der Waals surface area contributed by atoms with Crippen LogP contribution < -0.4 is 5.32 Å². The van der Waals surface area contributed by atoms with Gasteiger partial charge < -0.3 is 5.32 Å². The standard InChI is InChI=1S/C14H19BrClN/c1-10-2-6-13(7-3-10)17-9-11-4-5-12(15)8-14(11)16/h4-5,8,10,13,17H,2-3,6-7,9H2,1H3. The molecule has 1 aliphatic carbocycles. The second kappa shape index (κ2) is 6.21. The van der Waals surface area contributed by atoms with E-state index in [1.807, 2.05) is 12.1 Å². The SMILES string of the molecule is CC1CCC(NCc2ccc(Br)cc2Cl)CC1. The Morgan fingerprint density at radius 1 is 1.29 bits per heavy atom. The van der Waals surface area contributed by atoms with Crippen LogP contribution in [-0.4, -0.2) is 6.04 Å². The number of hydrogen-bond donors (Lipinski definition) is 1. The average Bonchev–Trinajstić information content (AvgIpc) is 2.30. The molecule has 0 aromatic heterocycles. The van der Waals surface area contributed by atoms with Gasteiger partial charge in [-0.1, -0.05) is 40.5 Å². The van der Waals surface area contributed by atoms with Crippen molar-refractivity contribution in [1.29, 1.82) is 0 Å². The first kappa shape index (κ1) is 13.4. The van der Waals surface area contributed by atoms with E-state index in [1.165, 1.54) is 31.2 Å². The maximum Gasteiger partial charge on any atom is 0.0462 e. The van der Waals surface area contributed by atoms with Crippen molar-refractivity contribution in [2.75, 3.05) is 0 Å². The number of halogens is 2. The van der Waals surface area contributed by atoms with Crippen molar-refractivity contribution < 1.29 is 0 Å². The van der Waals surface area contributed by atoms with Crippen molar-refractivity contribution in [3.05, 3.63) is 33.3 Å². The predicted molar refractivity (Wildman–Crippen MR) is 77.4 cm³/mol. The molecule has 1 fully saturated rings. The Kier molecular flexibility index (Phi) is 4.89. The highest BCUT2D eigenvalue weighted by molar-refractivity contribution is 9.10. The minimum absolute atomic E-state index is 0.672. The van der Waals surface area contributed by atoms with Crippen LogP contribution in [0.25, 0.3) is 0 Å². The summed E-state index contributed by atoms with van der Waals surface area (Å²) >= 11 is 9.63. The molecule has 0 atom stereocenters. The Labute approximate surface area is 117 Å². The summed E-state index contributed by atoms with van der Waals surface area (Å²) in [5, 5.41) is 4.46. The van der Waals surface area contributed by atoms with Gasteiger partial charge in [0, 0.05) is 22.1 Å². The molecule has 0 heterocycles. The fourth-order valence-electron chi connectivity index (χ4n) is 2.38. The lowest BCUT2D eigenvalue weighted by Crippen LogP contribution is -2.32. The molecule has 0 radical (unpaired) electrons. The van der Waals surface area contributed by atoms with Crippen LogP contribution in [0.2, 0.25) is 5.02 Å². The Balaban J connectivity index is 1.85. The molecular weight excluding hydrogens is 298 g/mol. The highest BCUT2D eigenvalue weighted by atomic mass is 79.9. The van der Waals surface area contributed by atoms with Crippen molar-refractivity contribution in [3.63, 3.8) is 0 Å². The number of nitrogens with one attached hydrogen (secondary N) is 1. The topological polar surface area (TPSA) is 12.0 Å². The van der Waals surface area contributed by atoms with Crippen LogP contribution in [0.3, 0.4) is 0 Å². The Morgan fingerprint density at radius 2 is 2.00 bits per heavy atom. The molecular formula is C14H19BrClN. The highest BCUT2D eigenvalue weighted by Crippen LogP contribution is 2.25. The summed E-state index contributed by atoms with van der Waals surface area (Å²) in [4.78, 5) is 0. The van der Waals surface area contributed by atoms with Crippen LogP contribution in [0, 0.1) is 5.92 Å². The molecule has 0 amide bonds. The van der Waals surface area contributed by atoms with E-state index < -0.39 is 0 Å². The van der Waals surface area contributed by atoms with E-state index in [4.69, 9.17) is 11.6 Å². The van der Waals surface area contributed by atoms with Crippen molar-refractivity contribution in [2.24, 2.45) is 5.92 Å². The number of rotatable bonds is 3. The summed E-state index contributed by atoms with van der Waals surface area (Å²) < 4.78 is 1.04. The maximum absolute atomic E-state index is 6.20. The third-order valence-corrected chi connectivity index (χ3v) is 4.46. The molecule has 0 bridgehead atoms. The summed E-state index contributed by atoms with van der Waals surface area (Å²) in [5.74, 6) is 0.907. The van der Waals surface area contributed by atoms with Crippen LogP contribution in [0.5, 0.6) is 0 Å². The third-order valence-electron chi connectivity index (χ3n) is 3.61. The van der Waals surface area contributed by atoms with Gasteiger partial charge in [-0.3, -0.25) is 0 Å². The van der Waals surface area contributed by atoms with Gasteiger partial charge in [0.25, 0.3) is 0 Å². The van der Waals surface area contributed by atoms with Crippen LogP contribution in [0.1, 0.15) is 38.2 Å². The van der Waals surface area contributed by atoms with Crippen LogP contribution in [0.4, 0.5) is 0 Å². The molecule has 0 saturated heterocycles. The van der Waals surface area contributed by atoms with Crippen molar-refractivity contribution in [1.82, 2.24) is 5.32 Å². The zero-order valence-electron chi connectivity index (χ0n) is 10.2. The molecule has 1 saturated carbocycles. The van der Waals surface area contributed by atoms with Crippen molar-refractivity contribution in [3.8, 4) is 0 Å². The molecule has 3 heteroatoms. The molecule has 0 aliphatic heterocycles. The lowest BCUT2D eigenvalue weighted by molar-refractivity contribution is 0.306. The van der Waals surface area contributed by atoms with Crippen LogP contribution in [0.15, 0.2) is 22.7 Å². The summed E-state index contributed by atoms with van der Waals surface area (Å²) in [6.07, 6.45) is 5.31. The average molecular weight is 317 g/mol. The monoisotopic (exact) mass is 315 g/mol. The molecule has 1 aliphatic rings. The van der Waals surface area contributed by atoms with Crippen LogP contribution in [-0.2, 0) is 6.54 Å². The van der Waals surface area contributed by atoms with Gasteiger partial charge in [-0.25, -0.2) is 0 Å². The van der Waals surface area contributed by atoms with Gasteiger partial charge >= 0.3 is 0 Å². The maximum atomic E-state index is 6.20.